The van der Waals surface area contributed by atoms with Crippen molar-refractivity contribution in [1.82, 2.24) is 5.32 Å². The first-order valence-electron chi connectivity index (χ1n) is 8.25. The van der Waals surface area contributed by atoms with Crippen molar-refractivity contribution in [3.8, 4) is 11.1 Å². The summed E-state index contributed by atoms with van der Waals surface area (Å²) in [5.74, 6) is 0. The molecular weight excluding hydrogens is 345 g/mol. The van der Waals surface area contributed by atoms with Crippen LogP contribution in [0.2, 0.25) is 0 Å². The Bertz CT molecular complexity index is 806. The van der Waals surface area contributed by atoms with E-state index in [1.165, 1.54) is 11.1 Å². The molecule has 1 atom stereocenters. The standard InChI is InChI=1S/C19H19F3N2O2/c1-12(10-26-11-19(20,21)22)23-18(25)24-15-6-7-17-14(9-15)8-13-4-2-3-5-16(13)17/h2-7,9,12H,8,10-11H2,1H3,(H2,23,24,25)/t12-/m1/s1. The van der Waals surface area contributed by atoms with Crippen molar-refractivity contribution in [1.29, 1.82) is 0 Å². The van der Waals surface area contributed by atoms with Crippen LogP contribution in [0.25, 0.3) is 11.1 Å². The summed E-state index contributed by atoms with van der Waals surface area (Å²) in [4.78, 5) is 12.0. The van der Waals surface area contributed by atoms with E-state index in [9.17, 15) is 18.0 Å². The SMILES string of the molecule is C[C@H](COCC(F)(F)F)NC(=O)Nc1ccc2c(c1)Cc1ccccc1-2. The summed E-state index contributed by atoms with van der Waals surface area (Å²) in [7, 11) is 0. The number of hydrogen-bond donors (Lipinski definition) is 2. The van der Waals surface area contributed by atoms with Gasteiger partial charge in [-0.3, -0.25) is 0 Å². The molecule has 26 heavy (non-hydrogen) atoms. The van der Waals surface area contributed by atoms with Crippen LogP contribution in [0.1, 0.15) is 18.1 Å². The van der Waals surface area contributed by atoms with Crippen molar-refractivity contribution >= 4 is 11.7 Å². The highest BCUT2D eigenvalue weighted by Gasteiger charge is 2.27. The minimum atomic E-state index is -4.37. The molecule has 1 aliphatic rings. The first-order valence-corrected chi connectivity index (χ1v) is 8.25. The molecule has 0 saturated carbocycles. The van der Waals surface area contributed by atoms with Gasteiger partial charge in [0.15, 0.2) is 0 Å². The van der Waals surface area contributed by atoms with Crippen LogP contribution in [-0.2, 0) is 11.2 Å². The molecule has 0 spiro atoms. The molecule has 0 saturated heterocycles. The van der Waals surface area contributed by atoms with Gasteiger partial charge in [0.1, 0.15) is 6.61 Å². The van der Waals surface area contributed by atoms with E-state index in [0.717, 1.165) is 17.5 Å². The molecule has 7 heteroatoms. The van der Waals surface area contributed by atoms with E-state index in [-0.39, 0.29) is 6.61 Å². The smallest absolute Gasteiger partial charge is 0.370 e. The Kier molecular flexibility index (Phi) is 5.18. The Morgan fingerprint density at radius 3 is 2.65 bits per heavy atom. The topological polar surface area (TPSA) is 50.4 Å². The average molecular weight is 364 g/mol. The molecule has 4 nitrogen and oxygen atoms in total. The van der Waals surface area contributed by atoms with E-state index in [1.807, 2.05) is 30.3 Å². The van der Waals surface area contributed by atoms with Gasteiger partial charge in [-0.2, -0.15) is 13.2 Å². The van der Waals surface area contributed by atoms with Crippen LogP contribution in [0, 0.1) is 0 Å². The van der Waals surface area contributed by atoms with Crippen molar-refractivity contribution in [2.75, 3.05) is 18.5 Å². The third kappa shape index (κ3) is 4.54. The number of carbonyl (C=O) groups is 1. The highest BCUT2D eigenvalue weighted by Crippen LogP contribution is 2.37. The van der Waals surface area contributed by atoms with Crippen LogP contribution >= 0.6 is 0 Å². The van der Waals surface area contributed by atoms with E-state index < -0.39 is 24.9 Å². The van der Waals surface area contributed by atoms with Gasteiger partial charge in [-0.15, -0.1) is 0 Å². The Morgan fingerprint density at radius 1 is 1.15 bits per heavy atom. The summed E-state index contributed by atoms with van der Waals surface area (Å²) in [5.41, 5.74) is 5.37. The number of ether oxygens (including phenoxy) is 1. The molecule has 0 aliphatic heterocycles. The van der Waals surface area contributed by atoms with Gasteiger partial charge in [0, 0.05) is 5.69 Å². The first-order chi connectivity index (χ1) is 12.3. The van der Waals surface area contributed by atoms with E-state index in [1.54, 1.807) is 6.92 Å². The summed E-state index contributed by atoms with van der Waals surface area (Å²) < 4.78 is 40.7. The van der Waals surface area contributed by atoms with Crippen molar-refractivity contribution in [3.05, 3.63) is 53.6 Å². The van der Waals surface area contributed by atoms with Gasteiger partial charge in [-0.1, -0.05) is 30.3 Å². The number of rotatable bonds is 5. The van der Waals surface area contributed by atoms with Gasteiger partial charge in [0.2, 0.25) is 0 Å². The highest BCUT2D eigenvalue weighted by atomic mass is 19.4. The highest BCUT2D eigenvalue weighted by molar-refractivity contribution is 5.90. The molecule has 138 valence electrons. The molecule has 0 radical (unpaired) electrons. The van der Waals surface area contributed by atoms with E-state index in [0.29, 0.717) is 5.69 Å². The lowest BCUT2D eigenvalue weighted by Crippen LogP contribution is -2.39. The van der Waals surface area contributed by atoms with E-state index >= 15 is 0 Å². The lowest BCUT2D eigenvalue weighted by atomic mass is 10.1. The van der Waals surface area contributed by atoms with Crippen molar-refractivity contribution in [3.63, 3.8) is 0 Å². The second-order valence-corrected chi connectivity index (χ2v) is 6.34. The minimum Gasteiger partial charge on any atom is -0.370 e. The van der Waals surface area contributed by atoms with Crippen molar-refractivity contribution in [2.24, 2.45) is 0 Å². The zero-order chi connectivity index (χ0) is 18.7. The number of halogens is 3. The van der Waals surface area contributed by atoms with Crippen LogP contribution < -0.4 is 10.6 Å². The second kappa shape index (κ2) is 7.37. The molecular formula is C19H19F3N2O2. The maximum atomic E-state index is 12.0. The fourth-order valence-corrected chi connectivity index (χ4v) is 3.01. The zero-order valence-corrected chi connectivity index (χ0v) is 14.2. The fourth-order valence-electron chi connectivity index (χ4n) is 3.01. The van der Waals surface area contributed by atoms with Gasteiger partial charge < -0.3 is 15.4 Å². The third-order valence-electron chi connectivity index (χ3n) is 4.06. The third-order valence-corrected chi connectivity index (χ3v) is 4.06. The fraction of sp³-hybridized carbons (Fsp3) is 0.316. The van der Waals surface area contributed by atoms with Gasteiger partial charge in [0.25, 0.3) is 0 Å². The number of carbonyl (C=O) groups excluding carboxylic acids is 1. The molecule has 0 fully saturated rings. The van der Waals surface area contributed by atoms with Crippen molar-refractivity contribution < 1.29 is 22.7 Å². The lowest BCUT2D eigenvalue weighted by Gasteiger charge is -2.16. The van der Waals surface area contributed by atoms with Gasteiger partial charge in [-0.05, 0) is 47.7 Å². The molecule has 0 bridgehead atoms. The van der Waals surface area contributed by atoms with Gasteiger partial charge in [0.05, 0.1) is 12.6 Å². The number of nitrogens with one attached hydrogen (secondary N) is 2. The van der Waals surface area contributed by atoms with Gasteiger partial charge >= 0.3 is 12.2 Å². The van der Waals surface area contributed by atoms with Crippen LogP contribution in [-0.4, -0.2) is 31.5 Å². The summed E-state index contributed by atoms with van der Waals surface area (Å²) in [6.45, 7) is 0.0355. The summed E-state index contributed by atoms with van der Waals surface area (Å²) in [5, 5.41) is 5.27. The number of amides is 2. The van der Waals surface area contributed by atoms with Crippen LogP contribution in [0.15, 0.2) is 42.5 Å². The number of anilines is 1. The molecule has 0 heterocycles. The first kappa shape index (κ1) is 18.3. The molecule has 3 rings (SSSR count). The summed E-state index contributed by atoms with van der Waals surface area (Å²) >= 11 is 0. The monoisotopic (exact) mass is 364 g/mol. The van der Waals surface area contributed by atoms with Crippen LogP contribution in [0.4, 0.5) is 23.7 Å². The number of fused-ring (bicyclic) bond motifs is 3. The maximum Gasteiger partial charge on any atom is 0.411 e. The second-order valence-electron chi connectivity index (χ2n) is 6.34. The number of benzene rings is 2. The largest absolute Gasteiger partial charge is 0.411 e. The summed E-state index contributed by atoms with van der Waals surface area (Å²) in [6.07, 6.45) is -3.56. The molecule has 2 aromatic carbocycles. The van der Waals surface area contributed by atoms with Crippen molar-refractivity contribution in [2.45, 2.75) is 25.6 Å². The molecule has 0 unspecified atom stereocenters. The Morgan fingerprint density at radius 2 is 1.88 bits per heavy atom. The molecule has 2 amide bonds. The molecule has 2 aromatic rings. The van der Waals surface area contributed by atoms with Crippen LogP contribution in [0.3, 0.4) is 0 Å². The van der Waals surface area contributed by atoms with E-state index in [4.69, 9.17) is 0 Å². The predicted molar refractivity (Wildman–Crippen MR) is 93.2 cm³/mol. The maximum absolute atomic E-state index is 12.0. The molecule has 0 aromatic heterocycles. The Hall–Kier alpha value is -2.54. The Balaban J connectivity index is 1.53. The summed E-state index contributed by atoms with van der Waals surface area (Å²) in [6, 6.07) is 12.8. The predicted octanol–water partition coefficient (Wildman–Crippen LogP) is 4.35. The normalized spacial score (nSPS) is 13.7. The Labute approximate surface area is 149 Å². The number of hydrogen-bond acceptors (Lipinski definition) is 2. The average Bonchev–Trinajstić information content (AvgIpc) is 2.91. The number of urea groups is 1. The lowest BCUT2D eigenvalue weighted by molar-refractivity contribution is -0.174. The zero-order valence-electron chi connectivity index (χ0n) is 14.2. The quantitative estimate of drug-likeness (QED) is 0.707. The van der Waals surface area contributed by atoms with E-state index in [2.05, 4.69) is 27.5 Å². The van der Waals surface area contributed by atoms with Crippen LogP contribution in [0.5, 0.6) is 0 Å². The molecule has 1 aliphatic carbocycles. The number of alkyl halides is 3. The minimum absolute atomic E-state index is 0.216. The molecule has 2 N–H and O–H groups in total. The van der Waals surface area contributed by atoms with Gasteiger partial charge in [-0.25, -0.2) is 4.79 Å².